The van der Waals surface area contributed by atoms with Crippen LogP contribution in [0.3, 0.4) is 0 Å². The topological polar surface area (TPSA) is 131 Å². The van der Waals surface area contributed by atoms with Gasteiger partial charge in [0, 0.05) is 79.4 Å². The average molecular weight is 682 g/mol. The van der Waals surface area contributed by atoms with Crippen molar-refractivity contribution >= 4 is 68.0 Å². The molecular weight excluding hydrogens is 647 g/mol. The van der Waals surface area contributed by atoms with Gasteiger partial charge >= 0.3 is 0 Å². The minimum Gasteiger partial charge on any atom is -0.395 e. The van der Waals surface area contributed by atoms with Crippen molar-refractivity contribution in [2.45, 2.75) is 25.6 Å². The van der Waals surface area contributed by atoms with Crippen LogP contribution in [0.1, 0.15) is 17.5 Å². The van der Waals surface area contributed by atoms with E-state index in [9.17, 15) is 5.11 Å². The second-order valence-electron chi connectivity index (χ2n) is 11.8. The van der Waals surface area contributed by atoms with Crippen LogP contribution in [0.25, 0.3) is 32.9 Å². The number of aromatic nitrogens is 4. The number of aliphatic hydroxyl groups excluding tert-OH is 2. The minimum absolute atomic E-state index is 0.0809. The Morgan fingerprint density at radius 2 is 1.35 bits per heavy atom. The molecule has 1 aliphatic heterocycles. The number of rotatable bonds is 11. The molecule has 6 aromatic rings. The molecule has 0 saturated carbocycles. The van der Waals surface area contributed by atoms with E-state index in [1.165, 1.54) is 0 Å². The summed E-state index contributed by atoms with van der Waals surface area (Å²) in [5.41, 5.74) is 6.38. The van der Waals surface area contributed by atoms with Crippen LogP contribution in [0.2, 0.25) is 10.0 Å². The van der Waals surface area contributed by atoms with Gasteiger partial charge in [0.05, 0.1) is 34.1 Å². The molecule has 2 aromatic carbocycles. The van der Waals surface area contributed by atoms with Crippen LogP contribution in [-0.4, -0.2) is 67.4 Å². The lowest BCUT2D eigenvalue weighted by Crippen LogP contribution is -2.21. The quantitative estimate of drug-likeness (QED) is 0.0944. The van der Waals surface area contributed by atoms with Crippen LogP contribution in [0.4, 0.5) is 23.0 Å². The van der Waals surface area contributed by atoms with Crippen LogP contribution in [0, 0.1) is 0 Å². The zero-order valence-electron chi connectivity index (χ0n) is 26.0. The largest absolute Gasteiger partial charge is 0.395 e. The summed E-state index contributed by atoms with van der Waals surface area (Å²) < 4.78 is 0. The SMILES string of the molecule is OCCNCc1cnc2c(Nc3cccc(-c4cccc(Nc5nccc6cc(CN7CCC(O)C7)cnc56)c4Cl)c3Cl)nccc2c1. The number of aliphatic hydroxyl groups is 2. The van der Waals surface area contributed by atoms with Gasteiger partial charge in [-0.15, -0.1) is 0 Å². The average Bonchev–Trinajstić information content (AvgIpc) is 3.51. The van der Waals surface area contributed by atoms with E-state index in [1.807, 2.05) is 54.7 Å². The Morgan fingerprint density at radius 3 is 1.92 bits per heavy atom. The third-order valence-corrected chi connectivity index (χ3v) is 9.19. The summed E-state index contributed by atoms with van der Waals surface area (Å²) in [5, 5.41) is 31.8. The Morgan fingerprint density at radius 1 is 0.771 bits per heavy atom. The molecule has 1 saturated heterocycles. The van der Waals surface area contributed by atoms with Crippen molar-refractivity contribution in [2.24, 2.45) is 0 Å². The van der Waals surface area contributed by atoms with Crippen molar-refractivity contribution in [1.29, 1.82) is 0 Å². The second-order valence-corrected chi connectivity index (χ2v) is 12.6. The lowest BCUT2D eigenvalue weighted by atomic mass is 10.0. The molecule has 1 aliphatic rings. The number of nitrogens with one attached hydrogen (secondary N) is 3. The lowest BCUT2D eigenvalue weighted by Gasteiger charge is -2.17. The molecule has 10 nitrogen and oxygen atoms in total. The number of hydrogen-bond donors (Lipinski definition) is 5. The molecule has 0 radical (unpaired) electrons. The van der Waals surface area contributed by atoms with E-state index in [2.05, 4.69) is 47.9 Å². The molecule has 1 atom stereocenters. The van der Waals surface area contributed by atoms with E-state index in [0.717, 1.165) is 58.1 Å². The Hall–Kier alpha value is -4.42. The first kappa shape index (κ1) is 32.1. The van der Waals surface area contributed by atoms with Crippen molar-refractivity contribution in [3.05, 3.63) is 107 Å². The van der Waals surface area contributed by atoms with Crippen molar-refractivity contribution < 1.29 is 10.2 Å². The molecule has 4 aromatic heterocycles. The third kappa shape index (κ3) is 6.91. The summed E-state index contributed by atoms with van der Waals surface area (Å²) in [5.74, 6) is 1.18. The van der Waals surface area contributed by atoms with E-state index < -0.39 is 0 Å². The van der Waals surface area contributed by atoms with Gasteiger partial charge in [-0.3, -0.25) is 14.9 Å². The molecule has 0 spiro atoms. The third-order valence-electron chi connectivity index (χ3n) is 8.38. The van der Waals surface area contributed by atoms with Gasteiger partial charge in [-0.25, -0.2) is 9.97 Å². The molecule has 0 amide bonds. The Labute approximate surface area is 287 Å². The smallest absolute Gasteiger partial charge is 0.156 e. The molecule has 48 heavy (non-hydrogen) atoms. The molecule has 7 rings (SSSR count). The summed E-state index contributed by atoms with van der Waals surface area (Å²) in [6.45, 7) is 3.51. The summed E-state index contributed by atoms with van der Waals surface area (Å²) in [7, 11) is 0. The molecule has 5 N–H and O–H groups in total. The van der Waals surface area contributed by atoms with Gasteiger partial charge in [0.25, 0.3) is 0 Å². The predicted octanol–water partition coefficient (Wildman–Crippen LogP) is 6.68. The monoisotopic (exact) mass is 680 g/mol. The number of anilines is 4. The Balaban J connectivity index is 1.13. The molecule has 244 valence electrons. The molecule has 1 fully saturated rings. The first-order valence-electron chi connectivity index (χ1n) is 15.8. The van der Waals surface area contributed by atoms with E-state index in [1.54, 1.807) is 18.6 Å². The molecule has 12 heteroatoms. The standard InChI is InChI=1S/C36H34Cl2N8O2/c37-31-27(3-1-5-29(31)44-35-33-24(7-10-40-35)15-22(18-42-33)17-39-12-14-47)28-4-2-6-30(32(28)38)45-36-34-25(8-11-41-36)16-23(19-43-34)20-46-13-9-26(48)21-46/h1-8,10-11,15-16,18-19,26,39,47-48H,9,12-14,17,20-21H2,(H,40,44)(H,41,45). The number of benzene rings is 2. The zero-order chi connectivity index (χ0) is 33.0. The number of likely N-dealkylation sites (tertiary alicyclic amines) is 1. The maximum Gasteiger partial charge on any atom is 0.156 e. The number of nitrogens with zero attached hydrogens (tertiary/aromatic N) is 5. The van der Waals surface area contributed by atoms with Gasteiger partial charge < -0.3 is 26.2 Å². The Kier molecular flexibility index (Phi) is 9.62. The van der Waals surface area contributed by atoms with Gasteiger partial charge in [0.15, 0.2) is 11.6 Å². The number of pyridine rings is 4. The Bertz CT molecular complexity index is 2100. The van der Waals surface area contributed by atoms with Crippen LogP contribution >= 0.6 is 23.2 Å². The van der Waals surface area contributed by atoms with E-state index in [0.29, 0.717) is 58.2 Å². The maximum atomic E-state index is 9.89. The van der Waals surface area contributed by atoms with E-state index in [4.69, 9.17) is 33.3 Å². The predicted molar refractivity (Wildman–Crippen MR) is 192 cm³/mol. The summed E-state index contributed by atoms with van der Waals surface area (Å²) >= 11 is 14.1. The van der Waals surface area contributed by atoms with E-state index >= 15 is 0 Å². The highest BCUT2D eigenvalue weighted by molar-refractivity contribution is 6.39. The first-order chi connectivity index (χ1) is 23.5. The molecule has 0 aliphatic carbocycles. The van der Waals surface area contributed by atoms with Crippen molar-refractivity contribution in [1.82, 2.24) is 30.2 Å². The summed E-state index contributed by atoms with van der Waals surface area (Å²) in [6.07, 6.45) is 7.70. The zero-order valence-corrected chi connectivity index (χ0v) is 27.5. The van der Waals surface area contributed by atoms with Crippen LogP contribution < -0.4 is 16.0 Å². The fourth-order valence-corrected chi connectivity index (χ4v) is 6.58. The normalized spacial score (nSPS) is 15.0. The van der Waals surface area contributed by atoms with Gasteiger partial charge in [-0.05, 0) is 53.9 Å². The van der Waals surface area contributed by atoms with Gasteiger partial charge in [-0.1, -0.05) is 47.5 Å². The van der Waals surface area contributed by atoms with Gasteiger partial charge in [0.2, 0.25) is 0 Å². The highest BCUT2D eigenvalue weighted by atomic mass is 35.5. The number of fused-ring (bicyclic) bond motifs is 2. The number of halogens is 2. The van der Waals surface area contributed by atoms with Crippen LogP contribution in [-0.2, 0) is 13.1 Å². The number of hydrogen-bond acceptors (Lipinski definition) is 10. The maximum absolute atomic E-state index is 9.89. The fraction of sp³-hybridized carbons (Fsp3) is 0.222. The second kappa shape index (κ2) is 14.4. The van der Waals surface area contributed by atoms with Crippen molar-refractivity contribution in [2.75, 3.05) is 36.9 Å². The minimum atomic E-state index is -0.258. The molecule has 5 heterocycles. The van der Waals surface area contributed by atoms with Crippen molar-refractivity contribution in [3.8, 4) is 11.1 Å². The lowest BCUT2D eigenvalue weighted by molar-refractivity contribution is 0.175. The highest BCUT2D eigenvalue weighted by Crippen LogP contribution is 2.42. The fourth-order valence-electron chi connectivity index (χ4n) is 6.03. The summed E-state index contributed by atoms with van der Waals surface area (Å²) in [4.78, 5) is 20.8. The molecular formula is C36H34Cl2N8O2. The van der Waals surface area contributed by atoms with Gasteiger partial charge in [-0.2, -0.15) is 0 Å². The van der Waals surface area contributed by atoms with Crippen molar-refractivity contribution in [3.63, 3.8) is 0 Å². The summed E-state index contributed by atoms with van der Waals surface area (Å²) in [6, 6.07) is 19.5. The van der Waals surface area contributed by atoms with E-state index in [-0.39, 0.29) is 12.7 Å². The number of β-amino-alcohol motifs (C(OH)–C–C–N with tert-alkyl or cyclic N) is 1. The van der Waals surface area contributed by atoms with Crippen LogP contribution in [0.15, 0.2) is 85.5 Å². The molecule has 1 unspecified atom stereocenters. The van der Waals surface area contributed by atoms with Crippen LogP contribution in [0.5, 0.6) is 0 Å². The highest BCUT2D eigenvalue weighted by Gasteiger charge is 2.21. The molecule has 0 bridgehead atoms. The van der Waals surface area contributed by atoms with Gasteiger partial charge in [0.1, 0.15) is 11.0 Å². The first-order valence-corrected chi connectivity index (χ1v) is 16.5.